The average molecular weight is 350 g/mol. The highest BCUT2D eigenvalue weighted by Crippen LogP contribution is 2.12. The average Bonchev–Trinajstić information content (AvgIpc) is 2.48. The molecule has 0 aliphatic heterocycles. The summed E-state index contributed by atoms with van der Waals surface area (Å²) >= 11 is 5.19. The summed E-state index contributed by atoms with van der Waals surface area (Å²) in [5.41, 5.74) is 2.00. The quantitative estimate of drug-likeness (QED) is 0.795. The fraction of sp³-hybridized carbons (Fsp3) is 0.188. The maximum absolute atomic E-state index is 11.9. The first kappa shape index (κ1) is 15.1. The fourth-order valence-corrected chi connectivity index (χ4v) is 2.95. The number of amides is 1. The van der Waals surface area contributed by atoms with Crippen molar-refractivity contribution in [3.8, 4) is 0 Å². The Morgan fingerprint density at radius 2 is 1.90 bits per heavy atom. The molecule has 2 aromatic rings. The molecule has 0 aliphatic rings. The van der Waals surface area contributed by atoms with Crippen molar-refractivity contribution < 1.29 is 4.79 Å². The molecule has 2 rings (SSSR count). The van der Waals surface area contributed by atoms with Gasteiger partial charge in [-0.1, -0.05) is 52.3 Å². The Labute approximate surface area is 132 Å². The van der Waals surface area contributed by atoms with E-state index >= 15 is 0 Å². The number of carbonyl (C=O) groups excluding carboxylic acids is 1. The molecule has 0 aromatic heterocycles. The Hall–Kier alpha value is -1.26. The standard InChI is InChI=1S/C16H16BrNOS/c17-15-8-4-7-14(11-15)16(19)18-9-10-20-12-13-5-2-1-3-6-13/h1-8,11H,9-10,12H2,(H,18,19). The van der Waals surface area contributed by atoms with E-state index in [9.17, 15) is 4.79 Å². The van der Waals surface area contributed by atoms with Crippen molar-refractivity contribution >= 4 is 33.6 Å². The van der Waals surface area contributed by atoms with Crippen LogP contribution in [0.1, 0.15) is 15.9 Å². The Morgan fingerprint density at radius 1 is 1.10 bits per heavy atom. The van der Waals surface area contributed by atoms with E-state index in [1.54, 1.807) is 0 Å². The molecule has 0 spiro atoms. The number of benzene rings is 2. The Kier molecular flexibility index (Phi) is 6.15. The van der Waals surface area contributed by atoms with Crippen LogP contribution in [0.25, 0.3) is 0 Å². The minimum atomic E-state index is -0.0217. The molecule has 4 heteroatoms. The number of halogens is 1. The Bertz CT molecular complexity index is 559. The first-order chi connectivity index (χ1) is 9.75. The van der Waals surface area contributed by atoms with Gasteiger partial charge >= 0.3 is 0 Å². The lowest BCUT2D eigenvalue weighted by atomic mass is 10.2. The molecule has 0 heterocycles. The molecular formula is C16H16BrNOS. The van der Waals surface area contributed by atoms with Gasteiger partial charge in [0.05, 0.1) is 0 Å². The van der Waals surface area contributed by atoms with Crippen molar-refractivity contribution in [1.82, 2.24) is 5.32 Å². The Morgan fingerprint density at radius 3 is 2.65 bits per heavy atom. The maximum atomic E-state index is 11.9. The van der Waals surface area contributed by atoms with Gasteiger partial charge in [-0.05, 0) is 23.8 Å². The lowest BCUT2D eigenvalue weighted by molar-refractivity contribution is 0.0956. The zero-order chi connectivity index (χ0) is 14.2. The van der Waals surface area contributed by atoms with Gasteiger partial charge in [-0.3, -0.25) is 4.79 Å². The molecule has 0 aliphatic carbocycles. The van der Waals surface area contributed by atoms with Gasteiger partial charge in [0.15, 0.2) is 0 Å². The minimum Gasteiger partial charge on any atom is -0.351 e. The molecule has 0 radical (unpaired) electrons. The largest absolute Gasteiger partial charge is 0.351 e. The monoisotopic (exact) mass is 349 g/mol. The fourth-order valence-electron chi connectivity index (χ4n) is 1.73. The second-order valence-electron chi connectivity index (χ2n) is 4.30. The zero-order valence-electron chi connectivity index (χ0n) is 11.0. The number of nitrogens with one attached hydrogen (secondary N) is 1. The van der Waals surface area contributed by atoms with Crippen molar-refractivity contribution in [2.75, 3.05) is 12.3 Å². The van der Waals surface area contributed by atoms with E-state index in [0.717, 1.165) is 16.0 Å². The zero-order valence-corrected chi connectivity index (χ0v) is 13.4. The van der Waals surface area contributed by atoms with Gasteiger partial charge in [-0.15, -0.1) is 0 Å². The van der Waals surface area contributed by atoms with Crippen molar-refractivity contribution in [3.63, 3.8) is 0 Å². The minimum absolute atomic E-state index is 0.0217. The van der Waals surface area contributed by atoms with Gasteiger partial charge in [0.1, 0.15) is 0 Å². The van der Waals surface area contributed by atoms with Gasteiger partial charge in [0.2, 0.25) is 0 Å². The highest BCUT2D eigenvalue weighted by atomic mass is 79.9. The molecular weight excluding hydrogens is 334 g/mol. The van der Waals surface area contributed by atoms with Gasteiger partial charge in [-0.2, -0.15) is 11.8 Å². The highest BCUT2D eigenvalue weighted by Gasteiger charge is 2.04. The SMILES string of the molecule is O=C(NCCSCc1ccccc1)c1cccc(Br)c1. The van der Waals surface area contributed by atoms with Crippen LogP contribution in [-0.4, -0.2) is 18.2 Å². The summed E-state index contributed by atoms with van der Waals surface area (Å²) < 4.78 is 0.920. The highest BCUT2D eigenvalue weighted by molar-refractivity contribution is 9.10. The van der Waals surface area contributed by atoms with Crippen molar-refractivity contribution in [2.24, 2.45) is 0 Å². The van der Waals surface area contributed by atoms with Crippen molar-refractivity contribution in [3.05, 3.63) is 70.2 Å². The lowest BCUT2D eigenvalue weighted by Crippen LogP contribution is -2.25. The topological polar surface area (TPSA) is 29.1 Å². The summed E-state index contributed by atoms with van der Waals surface area (Å²) in [6.45, 7) is 0.683. The van der Waals surface area contributed by atoms with Crippen LogP contribution < -0.4 is 5.32 Å². The second kappa shape index (κ2) is 8.12. The third kappa shape index (κ3) is 5.02. The third-order valence-electron chi connectivity index (χ3n) is 2.73. The summed E-state index contributed by atoms with van der Waals surface area (Å²) in [6, 6.07) is 17.8. The molecule has 2 nitrogen and oxygen atoms in total. The molecule has 0 unspecified atom stereocenters. The van der Waals surface area contributed by atoms with Crippen LogP contribution in [0.3, 0.4) is 0 Å². The van der Waals surface area contributed by atoms with E-state index < -0.39 is 0 Å². The summed E-state index contributed by atoms with van der Waals surface area (Å²) in [5.74, 6) is 1.87. The van der Waals surface area contributed by atoms with Crippen LogP contribution in [0, 0.1) is 0 Å². The first-order valence-corrected chi connectivity index (χ1v) is 8.36. The summed E-state index contributed by atoms with van der Waals surface area (Å²) in [6.07, 6.45) is 0. The molecule has 0 saturated heterocycles. The summed E-state index contributed by atoms with van der Waals surface area (Å²) in [7, 11) is 0. The predicted molar refractivity (Wildman–Crippen MR) is 89.1 cm³/mol. The molecule has 1 amide bonds. The number of carbonyl (C=O) groups is 1. The van der Waals surface area contributed by atoms with Crippen molar-refractivity contribution in [2.45, 2.75) is 5.75 Å². The molecule has 104 valence electrons. The smallest absolute Gasteiger partial charge is 0.251 e. The molecule has 0 atom stereocenters. The van der Waals surface area contributed by atoms with Crippen LogP contribution in [0.5, 0.6) is 0 Å². The maximum Gasteiger partial charge on any atom is 0.251 e. The van der Waals surface area contributed by atoms with Crippen LogP contribution in [0.15, 0.2) is 59.1 Å². The summed E-state index contributed by atoms with van der Waals surface area (Å²) in [4.78, 5) is 11.9. The Balaban J connectivity index is 1.67. The first-order valence-electron chi connectivity index (χ1n) is 6.41. The van der Waals surface area contributed by atoms with Crippen LogP contribution in [-0.2, 0) is 5.75 Å². The van der Waals surface area contributed by atoms with E-state index in [1.807, 2.05) is 54.2 Å². The van der Waals surface area contributed by atoms with Gasteiger partial charge in [-0.25, -0.2) is 0 Å². The molecule has 1 N–H and O–H groups in total. The van der Waals surface area contributed by atoms with E-state index in [1.165, 1.54) is 5.56 Å². The molecule has 0 bridgehead atoms. The molecule has 20 heavy (non-hydrogen) atoms. The molecule has 2 aromatic carbocycles. The van der Waals surface area contributed by atoms with E-state index in [0.29, 0.717) is 12.1 Å². The summed E-state index contributed by atoms with van der Waals surface area (Å²) in [5, 5.41) is 2.93. The molecule has 0 saturated carbocycles. The predicted octanol–water partition coefficient (Wildman–Crippen LogP) is 4.11. The number of thioether (sulfide) groups is 1. The van der Waals surface area contributed by atoms with Crippen LogP contribution in [0.2, 0.25) is 0 Å². The van der Waals surface area contributed by atoms with E-state index in [2.05, 4.69) is 33.4 Å². The van der Waals surface area contributed by atoms with Gasteiger partial charge < -0.3 is 5.32 Å². The van der Waals surface area contributed by atoms with Crippen LogP contribution in [0.4, 0.5) is 0 Å². The van der Waals surface area contributed by atoms with Crippen LogP contribution >= 0.6 is 27.7 Å². The van der Waals surface area contributed by atoms with Crippen molar-refractivity contribution in [1.29, 1.82) is 0 Å². The second-order valence-corrected chi connectivity index (χ2v) is 6.33. The van der Waals surface area contributed by atoms with Gasteiger partial charge in [0, 0.05) is 28.1 Å². The van der Waals surface area contributed by atoms with E-state index in [-0.39, 0.29) is 5.91 Å². The van der Waals surface area contributed by atoms with Gasteiger partial charge in [0.25, 0.3) is 5.91 Å². The third-order valence-corrected chi connectivity index (χ3v) is 4.25. The molecule has 0 fully saturated rings. The number of hydrogen-bond donors (Lipinski definition) is 1. The normalized spacial score (nSPS) is 10.2. The van der Waals surface area contributed by atoms with E-state index in [4.69, 9.17) is 0 Å². The lowest BCUT2D eigenvalue weighted by Gasteiger charge is -2.05. The number of rotatable bonds is 6. The number of hydrogen-bond acceptors (Lipinski definition) is 2.